The lowest BCUT2D eigenvalue weighted by Gasteiger charge is -2.27. The quantitative estimate of drug-likeness (QED) is 0.132. The fourth-order valence-corrected chi connectivity index (χ4v) is 7.21. The summed E-state index contributed by atoms with van der Waals surface area (Å²) in [6, 6.07) is 67.8. The van der Waals surface area contributed by atoms with Crippen LogP contribution in [-0.4, -0.2) is 0 Å². The molecule has 0 bridgehead atoms. The summed E-state index contributed by atoms with van der Waals surface area (Å²) in [5.41, 5.74) is 8.21. The summed E-state index contributed by atoms with van der Waals surface area (Å²) >= 11 is 0. The van der Waals surface area contributed by atoms with Gasteiger partial charge in [-0.05, 0) is 96.4 Å². The van der Waals surface area contributed by atoms with Crippen LogP contribution in [-0.2, 0) is 0 Å². The molecular formula is C48H33N. The number of hydrogen-bond donors (Lipinski definition) is 0. The Kier molecular flexibility index (Phi) is 7.22. The van der Waals surface area contributed by atoms with E-state index < -0.39 is 0 Å². The van der Waals surface area contributed by atoms with Crippen LogP contribution in [0.4, 0.5) is 17.1 Å². The molecule has 0 fully saturated rings. The highest BCUT2D eigenvalue weighted by Gasteiger charge is 2.15. The van der Waals surface area contributed by atoms with Gasteiger partial charge in [0.05, 0.1) is 5.69 Å². The maximum atomic E-state index is 2.35. The highest BCUT2D eigenvalue weighted by atomic mass is 15.1. The fourth-order valence-electron chi connectivity index (χ4n) is 7.21. The van der Waals surface area contributed by atoms with Crippen molar-refractivity contribution >= 4 is 72.3 Å². The van der Waals surface area contributed by atoms with Gasteiger partial charge in [-0.1, -0.05) is 164 Å². The lowest BCUT2D eigenvalue weighted by molar-refractivity contribution is 1.30. The third-order valence-corrected chi connectivity index (χ3v) is 9.63. The molecule has 0 heterocycles. The molecule has 0 aliphatic heterocycles. The second-order valence-electron chi connectivity index (χ2n) is 12.6. The Bertz CT molecular complexity index is 2590. The zero-order valence-electron chi connectivity index (χ0n) is 27.0. The number of nitrogens with zero attached hydrogens (tertiary/aromatic N) is 1. The van der Waals surface area contributed by atoms with Gasteiger partial charge in [0, 0.05) is 16.8 Å². The van der Waals surface area contributed by atoms with E-state index in [9.17, 15) is 0 Å². The summed E-state index contributed by atoms with van der Waals surface area (Å²) in [6.45, 7) is 0. The predicted octanol–water partition coefficient (Wildman–Crippen LogP) is 13.6. The molecule has 0 unspecified atom stereocenters. The summed E-state index contributed by atoms with van der Waals surface area (Å²) in [5, 5.41) is 10.3. The van der Waals surface area contributed by atoms with Crippen molar-refractivity contribution in [3.8, 4) is 11.1 Å². The summed E-state index contributed by atoms with van der Waals surface area (Å²) in [4.78, 5) is 2.34. The number of hydrogen-bond acceptors (Lipinski definition) is 1. The van der Waals surface area contributed by atoms with Crippen LogP contribution in [0.25, 0.3) is 66.4 Å². The van der Waals surface area contributed by atoms with Gasteiger partial charge in [0.2, 0.25) is 0 Å². The Morgan fingerprint density at radius 2 is 0.776 bits per heavy atom. The Balaban J connectivity index is 0.998. The van der Waals surface area contributed by atoms with Crippen LogP contribution < -0.4 is 4.90 Å². The van der Waals surface area contributed by atoms with Crippen molar-refractivity contribution < 1.29 is 0 Å². The molecule has 0 aliphatic carbocycles. The third kappa shape index (κ3) is 5.32. The molecule has 0 spiro atoms. The number of fused-ring (bicyclic) bond motifs is 7. The summed E-state index contributed by atoms with van der Waals surface area (Å²) in [7, 11) is 0. The molecule has 0 atom stereocenters. The summed E-state index contributed by atoms with van der Waals surface area (Å²) < 4.78 is 0. The van der Waals surface area contributed by atoms with Crippen LogP contribution in [0.2, 0.25) is 0 Å². The summed E-state index contributed by atoms with van der Waals surface area (Å²) in [5.74, 6) is 0. The topological polar surface area (TPSA) is 3.24 Å². The van der Waals surface area contributed by atoms with Gasteiger partial charge in [-0.2, -0.15) is 0 Å². The lowest BCUT2D eigenvalue weighted by atomic mass is 9.92. The predicted molar refractivity (Wildman–Crippen MR) is 212 cm³/mol. The Labute approximate surface area is 286 Å². The van der Waals surface area contributed by atoms with Gasteiger partial charge < -0.3 is 4.90 Å². The minimum absolute atomic E-state index is 1.13. The number of para-hydroxylation sites is 1. The van der Waals surface area contributed by atoms with Gasteiger partial charge in [0.15, 0.2) is 0 Å². The third-order valence-electron chi connectivity index (χ3n) is 9.63. The van der Waals surface area contributed by atoms with E-state index in [-0.39, 0.29) is 0 Å². The van der Waals surface area contributed by atoms with E-state index in [0.29, 0.717) is 0 Å². The molecule has 1 nitrogen and oxygen atoms in total. The molecule has 1 heteroatoms. The first-order valence-electron chi connectivity index (χ1n) is 16.8. The van der Waals surface area contributed by atoms with Crippen molar-refractivity contribution in [2.24, 2.45) is 0 Å². The van der Waals surface area contributed by atoms with E-state index in [1.165, 1.54) is 65.5 Å². The van der Waals surface area contributed by atoms with Gasteiger partial charge in [-0.3, -0.25) is 0 Å². The van der Waals surface area contributed by atoms with Crippen molar-refractivity contribution in [1.29, 1.82) is 0 Å². The zero-order chi connectivity index (χ0) is 32.6. The van der Waals surface area contributed by atoms with Crippen molar-refractivity contribution in [1.82, 2.24) is 0 Å². The van der Waals surface area contributed by atoms with Gasteiger partial charge in [-0.25, -0.2) is 0 Å². The summed E-state index contributed by atoms with van der Waals surface area (Å²) in [6.07, 6.45) is 4.38. The van der Waals surface area contributed by atoms with Crippen LogP contribution in [0.3, 0.4) is 0 Å². The van der Waals surface area contributed by atoms with Gasteiger partial charge in [0.25, 0.3) is 0 Å². The molecule has 9 aromatic rings. The smallest absolute Gasteiger partial charge is 0.0540 e. The van der Waals surface area contributed by atoms with Crippen LogP contribution in [0, 0.1) is 0 Å². The minimum atomic E-state index is 1.13. The number of benzene rings is 9. The number of rotatable bonds is 6. The molecule has 0 saturated heterocycles. The Morgan fingerprint density at radius 3 is 1.43 bits per heavy atom. The van der Waals surface area contributed by atoms with Crippen molar-refractivity contribution in [3.05, 3.63) is 199 Å². The molecule has 9 rings (SSSR count). The van der Waals surface area contributed by atoms with Gasteiger partial charge in [-0.15, -0.1) is 0 Å². The van der Waals surface area contributed by atoms with Gasteiger partial charge in [0.1, 0.15) is 0 Å². The van der Waals surface area contributed by atoms with Gasteiger partial charge >= 0.3 is 0 Å². The SMILES string of the molecule is C(=Cc1ccc(N(c2ccccc2)c2cccc3ccccc23)cc1)c1ccc(-c2ccc3c4ccccc4c4ccccc4c3c2)cc1. The molecule has 230 valence electrons. The first kappa shape index (κ1) is 28.8. The van der Waals surface area contributed by atoms with Crippen LogP contribution >= 0.6 is 0 Å². The van der Waals surface area contributed by atoms with Crippen LogP contribution in [0.1, 0.15) is 11.1 Å². The largest absolute Gasteiger partial charge is 0.310 e. The average molecular weight is 624 g/mol. The molecule has 0 amide bonds. The Hall–Kier alpha value is -6.44. The fraction of sp³-hybridized carbons (Fsp3) is 0. The molecule has 49 heavy (non-hydrogen) atoms. The van der Waals surface area contributed by atoms with Crippen molar-refractivity contribution in [2.75, 3.05) is 4.90 Å². The number of anilines is 3. The molecule has 0 aromatic heterocycles. The molecular weight excluding hydrogens is 591 g/mol. The normalized spacial score (nSPS) is 11.6. The van der Waals surface area contributed by atoms with Crippen LogP contribution in [0.5, 0.6) is 0 Å². The maximum Gasteiger partial charge on any atom is 0.0540 e. The zero-order valence-corrected chi connectivity index (χ0v) is 27.0. The molecule has 0 saturated carbocycles. The highest BCUT2D eigenvalue weighted by Crippen LogP contribution is 2.39. The second-order valence-corrected chi connectivity index (χ2v) is 12.6. The van der Waals surface area contributed by atoms with Crippen LogP contribution in [0.15, 0.2) is 188 Å². The monoisotopic (exact) mass is 623 g/mol. The minimum Gasteiger partial charge on any atom is -0.310 e. The molecule has 9 aromatic carbocycles. The highest BCUT2D eigenvalue weighted by molar-refractivity contribution is 6.25. The molecule has 0 radical (unpaired) electrons. The average Bonchev–Trinajstić information content (AvgIpc) is 3.18. The molecule has 0 aliphatic rings. The van der Waals surface area contributed by atoms with Crippen molar-refractivity contribution in [3.63, 3.8) is 0 Å². The van der Waals surface area contributed by atoms with E-state index in [1.807, 2.05) is 0 Å². The maximum absolute atomic E-state index is 2.35. The Morgan fingerprint density at radius 1 is 0.306 bits per heavy atom. The van der Waals surface area contributed by atoms with Crippen molar-refractivity contribution in [2.45, 2.75) is 0 Å². The van der Waals surface area contributed by atoms with E-state index in [2.05, 4.69) is 205 Å². The standard InChI is InChI=1S/C48H33N/c1-2-13-39(14-3-1)49(48-20-10-12-37-11-4-5-15-41(37)48)40-30-25-35(26-31-40)22-21-34-23-27-36(28-24-34)38-29-32-46-44-18-7-6-16-42(44)43-17-8-9-19-45(43)47(46)33-38/h1-33H. The first-order chi connectivity index (χ1) is 24.3. The lowest BCUT2D eigenvalue weighted by Crippen LogP contribution is -2.10. The second kappa shape index (κ2) is 12.3. The van der Waals surface area contributed by atoms with E-state index in [1.54, 1.807) is 0 Å². The van der Waals surface area contributed by atoms with E-state index >= 15 is 0 Å². The van der Waals surface area contributed by atoms with E-state index in [0.717, 1.165) is 16.9 Å². The molecule has 0 N–H and O–H groups in total. The first-order valence-corrected chi connectivity index (χ1v) is 16.8. The van der Waals surface area contributed by atoms with E-state index in [4.69, 9.17) is 0 Å².